The second-order valence-electron chi connectivity index (χ2n) is 5.43. The number of nitrogens with zero attached hydrogens (tertiary/aromatic N) is 1. The van der Waals surface area contributed by atoms with E-state index >= 15 is 0 Å². The number of carboxylic acids is 1. The zero-order valence-electron chi connectivity index (χ0n) is 11.8. The van der Waals surface area contributed by atoms with Crippen LogP contribution in [0.1, 0.15) is 24.0 Å². The van der Waals surface area contributed by atoms with Crippen LogP contribution in [0.5, 0.6) is 0 Å². The van der Waals surface area contributed by atoms with Crippen molar-refractivity contribution in [3.8, 4) is 0 Å². The molecule has 1 saturated heterocycles. The van der Waals surface area contributed by atoms with Crippen LogP contribution in [0.4, 0.5) is 10.5 Å². The van der Waals surface area contributed by atoms with Gasteiger partial charge in [-0.2, -0.15) is 0 Å². The molecular formula is C15H20N2O3. The number of piperidine rings is 1. The summed E-state index contributed by atoms with van der Waals surface area (Å²) in [5.41, 5.74) is 2.93. The van der Waals surface area contributed by atoms with Crippen molar-refractivity contribution >= 4 is 17.7 Å². The van der Waals surface area contributed by atoms with Crippen molar-refractivity contribution in [3.05, 3.63) is 29.3 Å². The van der Waals surface area contributed by atoms with E-state index in [-0.39, 0.29) is 12.6 Å². The molecule has 5 heteroatoms. The third kappa shape index (κ3) is 3.50. The Hall–Kier alpha value is -2.04. The molecule has 1 atom stereocenters. The first-order valence-corrected chi connectivity index (χ1v) is 6.83. The lowest BCUT2D eigenvalue weighted by Gasteiger charge is -2.30. The molecule has 2 N–H and O–H groups in total. The van der Waals surface area contributed by atoms with E-state index in [9.17, 15) is 9.59 Å². The van der Waals surface area contributed by atoms with E-state index in [4.69, 9.17) is 5.11 Å². The summed E-state index contributed by atoms with van der Waals surface area (Å²) in [5, 5.41) is 11.9. The van der Waals surface area contributed by atoms with Gasteiger partial charge in [-0.05, 0) is 49.9 Å². The fourth-order valence-electron chi connectivity index (χ4n) is 2.61. The van der Waals surface area contributed by atoms with Crippen molar-refractivity contribution in [2.24, 2.45) is 5.92 Å². The lowest BCUT2D eigenvalue weighted by atomic mass is 9.99. The zero-order chi connectivity index (χ0) is 14.7. The number of aryl methyl sites for hydroxylation is 2. The molecule has 1 aromatic rings. The molecule has 2 rings (SSSR count). The van der Waals surface area contributed by atoms with Gasteiger partial charge in [-0.3, -0.25) is 4.79 Å². The van der Waals surface area contributed by atoms with Gasteiger partial charge in [-0.25, -0.2) is 4.79 Å². The number of hydrogen-bond donors (Lipinski definition) is 2. The quantitative estimate of drug-likeness (QED) is 0.872. The summed E-state index contributed by atoms with van der Waals surface area (Å²) in [6.45, 7) is 4.85. The summed E-state index contributed by atoms with van der Waals surface area (Å²) in [4.78, 5) is 24.8. The Labute approximate surface area is 118 Å². The van der Waals surface area contributed by atoms with Gasteiger partial charge in [0.25, 0.3) is 0 Å². The summed E-state index contributed by atoms with van der Waals surface area (Å²) in [7, 11) is 0. The number of likely N-dealkylation sites (tertiary alicyclic amines) is 1. The molecule has 0 unspecified atom stereocenters. The average molecular weight is 276 g/mol. The molecule has 1 aliphatic heterocycles. The van der Waals surface area contributed by atoms with Gasteiger partial charge >= 0.3 is 12.0 Å². The first kappa shape index (κ1) is 14.4. The number of carbonyl (C=O) groups is 2. The van der Waals surface area contributed by atoms with Gasteiger partial charge in [0.15, 0.2) is 0 Å². The summed E-state index contributed by atoms with van der Waals surface area (Å²) in [6, 6.07) is 5.63. The number of carbonyl (C=O) groups excluding carboxylic acids is 1. The van der Waals surface area contributed by atoms with E-state index in [1.54, 1.807) is 4.90 Å². The van der Waals surface area contributed by atoms with Gasteiger partial charge in [0.2, 0.25) is 0 Å². The maximum atomic E-state index is 12.2. The maximum absolute atomic E-state index is 12.2. The highest BCUT2D eigenvalue weighted by atomic mass is 16.4. The number of urea groups is 1. The van der Waals surface area contributed by atoms with Crippen molar-refractivity contribution in [3.63, 3.8) is 0 Å². The predicted molar refractivity (Wildman–Crippen MR) is 76.9 cm³/mol. The SMILES string of the molecule is Cc1cc(C)cc(NC(=O)N2CCC[C@@H](C(=O)O)C2)c1. The number of nitrogens with one attached hydrogen (secondary N) is 1. The Bertz CT molecular complexity index is 508. The molecule has 0 radical (unpaired) electrons. The number of hydrogen-bond acceptors (Lipinski definition) is 2. The fraction of sp³-hybridized carbons (Fsp3) is 0.467. The monoisotopic (exact) mass is 276 g/mol. The van der Waals surface area contributed by atoms with Crippen LogP contribution >= 0.6 is 0 Å². The largest absolute Gasteiger partial charge is 0.481 e. The van der Waals surface area contributed by atoms with Crippen molar-refractivity contribution < 1.29 is 14.7 Å². The minimum absolute atomic E-state index is 0.221. The van der Waals surface area contributed by atoms with Gasteiger partial charge in [0, 0.05) is 18.8 Å². The lowest BCUT2D eigenvalue weighted by molar-refractivity contribution is -0.143. The molecule has 2 amide bonds. The van der Waals surface area contributed by atoms with Crippen LogP contribution in [0.25, 0.3) is 0 Å². The minimum atomic E-state index is -0.825. The average Bonchev–Trinajstić information content (AvgIpc) is 2.37. The lowest BCUT2D eigenvalue weighted by Crippen LogP contribution is -2.44. The number of benzene rings is 1. The Morgan fingerprint density at radius 2 is 1.90 bits per heavy atom. The second-order valence-corrected chi connectivity index (χ2v) is 5.43. The first-order valence-electron chi connectivity index (χ1n) is 6.83. The van der Waals surface area contributed by atoms with Gasteiger partial charge < -0.3 is 15.3 Å². The number of aliphatic carboxylic acids is 1. The maximum Gasteiger partial charge on any atom is 0.321 e. The molecule has 0 aliphatic carbocycles. The molecule has 1 aliphatic rings. The standard InChI is InChI=1S/C15H20N2O3/c1-10-6-11(2)8-13(7-10)16-15(20)17-5-3-4-12(9-17)14(18)19/h6-8,12H,3-5,9H2,1-2H3,(H,16,20)(H,18,19)/t12-/m1/s1. The molecule has 0 spiro atoms. The topological polar surface area (TPSA) is 69.6 Å². The van der Waals surface area contributed by atoms with E-state index in [1.165, 1.54) is 0 Å². The van der Waals surface area contributed by atoms with Crippen LogP contribution in [-0.2, 0) is 4.79 Å². The summed E-state index contributed by atoms with van der Waals surface area (Å²) < 4.78 is 0. The second kappa shape index (κ2) is 5.94. The van der Waals surface area contributed by atoms with Gasteiger partial charge in [0.05, 0.1) is 5.92 Å². The zero-order valence-corrected chi connectivity index (χ0v) is 11.8. The van der Waals surface area contributed by atoms with Crippen molar-refractivity contribution in [2.45, 2.75) is 26.7 Å². The molecule has 1 aromatic carbocycles. The van der Waals surface area contributed by atoms with Crippen LogP contribution in [0.3, 0.4) is 0 Å². The Morgan fingerprint density at radius 3 is 2.50 bits per heavy atom. The van der Waals surface area contributed by atoms with Crippen LogP contribution in [0, 0.1) is 19.8 Å². The smallest absolute Gasteiger partial charge is 0.321 e. The summed E-state index contributed by atoms with van der Waals surface area (Å²) in [5.74, 6) is -1.28. The van der Waals surface area contributed by atoms with Crippen LogP contribution in [0.2, 0.25) is 0 Å². The molecule has 0 bridgehead atoms. The first-order chi connectivity index (χ1) is 9.45. The number of rotatable bonds is 2. The fourth-order valence-corrected chi connectivity index (χ4v) is 2.61. The third-order valence-corrected chi connectivity index (χ3v) is 3.53. The molecule has 5 nitrogen and oxygen atoms in total. The van der Waals surface area contributed by atoms with Crippen LogP contribution in [0.15, 0.2) is 18.2 Å². The highest BCUT2D eigenvalue weighted by Crippen LogP contribution is 2.19. The third-order valence-electron chi connectivity index (χ3n) is 3.53. The highest BCUT2D eigenvalue weighted by molar-refractivity contribution is 5.90. The van der Waals surface area contributed by atoms with Crippen LogP contribution in [-0.4, -0.2) is 35.1 Å². The van der Waals surface area contributed by atoms with E-state index in [2.05, 4.69) is 5.32 Å². The van der Waals surface area contributed by atoms with Crippen molar-refractivity contribution in [1.29, 1.82) is 0 Å². The van der Waals surface area contributed by atoms with E-state index in [0.29, 0.717) is 13.0 Å². The molecule has 0 saturated carbocycles. The molecule has 1 heterocycles. The number of carboxylic acid groups (broad SMARTS) is 1. The van der Waals surface area contributed by atoms with Crippen LogP contribution < -0.4 is 5.32 Å². The minimum Gasteiger partial charge on any atom is -0.481 e. The predicted octanol–water partition coefficient (Wildman–Crippen LogP) is 2.63. The number of anilines is 1. The molecular weight excluding hydrogens is 256 g/mol. The Kier molecular flexibility index (Phi) is 4.27. The molecule has 108 valence electrons. The summed E-state index contributed by atoms with van der Waals surface area (Å²) >= 11 is 0. The van der Waals surface area contributed by atoms with E-state index in [1.807, 2.05) is 32.0 Å². The van der Waals surface area contributed by atoms with Crippen molar-refractivity contribution in [1.82, 2.24) is 4.90 Å². The molecule has 1 fully saturated rings. The van der Waals surface area contributed by atoms with E-state index in [0.717, 1.165) is 23.2 Å². The number of amides is 2. The highest BCUT2D eigenvalue weighted by Gasteiger charge is 2.28. The molecule has 0 aromatic heterocycles. The van der Waals surface area contributed by atoms with E-state index < -0.39 is 11.9 Å². The Morgan fingerprint density at radius 1 is 1.25 bits per heavy atom. The van der Waals surface area contributed by atoms with Gasteiger partial charge in [-0.1, -0.05) is 6.07 Å². The summed E-state index contributed by atoms with van der Waals surface area (Å²) in [6.07, 6.45) is 1.37. The normalized spacial score (nSPS) is 18.7. The van der Waals surface area contributed by atoms with Gasteiger partial charge in [-0.15, -0.1) is 0 Å². The molecule has 20 heavy (non-hydrogen) atoms. The Balaban J connectivity index is 2.02. The van der Waals surface area contributed by atoms with Gasteiger partial charge in [0.1, 0.15) is 0 Å². The van der Waals surface area contributed by atoms with Crippen molar-refractivity contribution in [2.75, 3.05) is 18.4 Å².